The zero-order chi connectivity index (χ0) is 18.0. The topological polar surface area (TPSA) is 90.6 Å². The number of nitrogen functional groups attached to an aromatic ring is 1. The molecule has 3 rings (SSSR count). The monoisotopic (exact) mass is 341 g/mol. The molecule has 3 aromatic rings. The second kappa shape index (κ2) is 6.88. The molecule has 7 heteroatoms. The van der Waals surface area contributed by atoms with Crippen molar-refractivity contribution in [3.63, 3.8) is 0 Å². The van der Waals surface area contributed by atoms with Gasteiger partial charge in [-0.25, -0.2) is 9.36 Å². The third kappa shape index (κ3) is 2.93. The number of esters is 1. The van der Waals surface area contributed by atoms with Gasteiger partial charge in [-0.1, -0.05) is 24.4 Å². The molecule has 2 N–H and O–H groups in total. The zero-order valence-corrected chi connectivity index (χ0v) is 14.4. The van der Waals surface area contributed by atoms with E-state index >= 15 is 0 Å². The molecule has 0 aliphatic carbocycles. The lowest BCUT2D eigenvalue weighted by Gasteiger charge is -2.11. The quantitative estimate of drug-likeness (QED) is 0.433. The van der Waals surface area contributed by atoms with Gasteiger partial charge in [0.05, 0.1) is 13.2 Å². The predicted octanol–water partition coefficient (Wildman–Crippen LogP) is 1.69. The van der Waals surface area contributed by atoms with E-state index in [2.05, 4.69) is 11.9 Å². The van der Waals surface area contributed by atoms with Gasteiger partial charge in [-0.2, -0.15) is 0 Å². The second-order valence-electron chi connectivity index (χ2n) is 5.75. The van der Waals surface area contributed by atoms with Crippen molar-refractivity contribution >= 4 is 28.5 Å². The summed E-state index contributed by atoms with van der Waals surface area (Å²) in [6.45, 7) is 4.60. The fourth-order valence-corrected chi connectivity index (χ4v) is 2.82. The first kappa shape index (κ1) is 16.9. The number of hydrogen-bond donors (Lipinski definition) is 1. The van der Waals surface area contributed by atoms with Crippen molar-refractivity contribution in [3.05, 3.63) is 46.4 Å². The van der Waals surface area contributed by atoms with Gasteiger partial charge in [-0.3, -0.25) is 9.20 Å². The molecule has 0 aliphatic heterocycles. The molecule has 0 radical (unpaired) electrons. The molecule has 0 fully saturated rings. The van der Waals surface area contributed by atoms with Crippen LogP contribution in [0.4, 0.5) is 5.82 Å². The number of carbonyl (C=O) groups excluding carboxylic acids is 1. The SMILES string of the molecule is CCCC[n+]1c(N)c(C(=O)OCC)cc2c(=O)n3ccccc3nc21. The number of anilines is 1. The highest BCUT2D eigenvalue weighted by Crippen LogP contribution is 2.16. The number of carbonyl (C=O) groups is 1. The van der Waals surface area contributed by atoms with E-state index in [1.807, 2.05) is 6.07 Å². The van der Waals surface area contributed by atoms with Crippen LogP contribution in [0.5, 0.6) is 0 Å². The summed E-state index contributed by atoms with van der Waals surface area (Å²) in [5.74, 6) is -0.267. The Labute approximate surface area is 144 Å². The number of ether oxygens (including phenoxy) is 1. The molecule has 0 saturated heterocycles. The summed E-state index contributed by atoms with van der Waals surface area (Å²) in [6.07, 6.45) is 3.46. The minimum Gasteiger partial charge on any atom is -0.462 e. The van der Waals surface area contributed by atoms with Gasteiger partial charge in [0.2, 0.25) is 11.5 Å². The summed E-state index contributed by atoms with van der Waals surface area (Å²) < 4.78 is 8.27. The van der Waals surface area contributed by atoms with Crippen LogP contribution in [0.2, 0.25) is 0 Å². The van der Waals surface area contributed by atoms with Gasteiger partial charge in [-0.05, 0) is 31.5 Å². The van der Waals surface area contributed by atoms with Crippen LogP contribution in [-0.4, -0.2) is 22.0 Å². The van der Waals surface area contributed by atoms with E-state index < -0.39 is 5.97 Å². The fraction of sp³-hybridized carbons (Fsp3) is 0.333. The molecule has 7 nitrogen and oxygen atoms in total. The molecule has 0 bridgehead atoms. The molecule has 3 heterocycles. The summed E-state index contributed by atoms with van der Waals surface area (Å²) in [6, 6.07) is 6.83. The molecular formula is C18H21N4O3+. The molecule has 0 unspecified atom stereocenters. The first-order valence-corrected chi connectivity index (χ1v) is 8.39. The van der Waals surface area contributed by atoms with Crippen LogP contribution in [0.15, 0.2) is 35.3 Å². The Hall–Kier alpha value is -2.96. The molecule has 0 saturated carbocycles. The number of nitrogens with two attached hydrogens (primary N) is 1. The Morgan fingerprint density at radius 3 is 2.88 bits per heavy atom. The summed E-state index contributed by atoms with van der Waals surface area (Å²) >= 11 is 0. The number of nitrogens with zero attached hydrogens (tertiary/aromatic N) is 3. The van der Waals surface area contributed by atoms with Crippen LogP contribution in [0.3, 0.4) is 0 Å². The maximum absolute atomic E-state index is 12.9. The van der Waals surface area contributed by atoms with Gasteiger partial charge < -0.3 is 10.5 Å². The van der Waals surface area contributed by atoms with E-state index in [9.17, 15) is 9.59 Å². The van der Waals surface area contributed by atoms with E-state index in [4.69, 9.17) is 10.5 Å². The van der Waals surface area contributed by atoms with Crippen LogP contribution in [0.25, 0.3) is 16.7 Å². The Balaban J connectivity index is 2.38. The number of pyridine rings is 2. The van der Waals surface area contributed by atoms with Gasteiger partial charge in [-0.15, -0.1) is 0 Å². The van der Waals surface area contributed by atoms with E-state index in [-0.39, 0.29) is 23.5 Å². The number of rotatable bonds is 5. The summed E-state index contributed by atoms with van der Waals surface area (Å²) in [7, 11) is 0. The van der Waals surface area contributed by atoms with E-state index in [0.717, 1.165) is 12.8 Å². The molecule has 3 aromatic heterocycles. The molecule has 0 amide bonds. The molecule has 130 valence electrons. The minimum absolute atomic E-state index is 0.195. The smallest absolute Gasteiger partial charge is 0.344 e. The number of unbranched alkanes of at least 4 members (excludes halogenated alkanes) is 1. The fourth-order valence-electron chi connectivity index (χ4n) is 2.82. The normalized spacial score (nSPS) is 11.1. The average Bonchev–Trinajstić information content (AvgIpc) is 2.61. The lowest BCUT2D eigenvalue weighted by Crippen LogP contribution is -2.42. The summed E-state index contributed by atoms with van der Waals surface area (Å²) in [5.41, 5.74) is 7.20. The van der Waals surface area contributed by atoms with Crippen molar-refractivity contribution in [2.75, 3.05) is 12.3 Å². The largest absolute Gasteiger partial charge is 0.462 e. The lowest BCUT2D eigenvalue weighted by atomic mass is 10.2. The number of hydrogen-bond acceptors (Lipinski definition) is 5. The highest BCUT2D eigenvalue weighted by molar-refractivity contribution is 5.96. The molecule has 0 aromatic carbocycles. The standard InChI is InChI=1S/C18H20N4O3/c1-3-5-9-22-15(19)12(18(24)25-4-2)11-13-16(22)20-14-8-6-7-10-21(14)17(13)23/h6-8,10-11,19H,3-5,9H2,1-2H3/p+1. The van der Waals surface area contributed by atoms with Gasteiger partial charge in [0.25, 0.3) is 11.2 Å². The van der Waals surface area contributed by atoms with E-state index in [0.29, 0.717) is 23.2 Å². The Morgan fingerprint density at radius 2 is 2.16 bits per heavy atom. The number of fused-ring (bicyclic) bond motifs is 2. The highest BCUT2D eigenvalue weighted by Gasteiger charge is 2.24. The molecular weight excluding hydrogens is 320 g/mol. The zero-order valence-electron chi connectivity index (χ0n) is 14.4. The minimum atomic E-state index is -0.537. The maximum atomic E-state index is 12.9. The Morgan fingerprint density at radius 1 is 1.36 bits per heavy atom. The first-order chi connectivity index (χ1) is 12.1. The van der Waals surface area contributed by atoms with Gasteiger partial charge in [0.15, 0.2) is 0 Å². The van der Waals surface area contributed by atoms with E-state index in [1.54, 1.807) is 29.8 Å². The highest BCUT2D eigenvalue weighted by atomic mass is 16.5. The van der Waals surface area contributed by atoms with Crippen molar-refractivity contribution in [2.24, 2.45) is 0 Å². The van der Waals surface area contributed by atoms with Crippen molar-refractivity contribution in [2.45, 2.75) is 33.2 Å². The van der Waals surface area contributed by atoms with Gasteiger partial charge in [0.1, 0.15) is 10.9 Å². The molecule has 0 spiro atoms. The van der Waals surface area contributed by atoms with Crippen LogP contribution < -0.4 is 15.9 Å². The summed E-state index contributed by atoms with van der Waals surface area (Å²) in [4.78, 5) is 29.7. The van der Waals surface area contributed by atoms with Crippen LogP contribution in [-0.2, 0) is 11.3 Å². The van der Waals surface area contributed by atoms with Gasteiger partial charge >= 0.3 is 5.97 Å². The van der Waals surface area contributed by atoms with Crippen molar-refractivity contribution in [1.82, 2.24) is 9.38 Å². The van der Waals surface area contributed by atoms with Crippen LogP contribution >= 0.6 is 0 Å². The van der Waals surface area contributed by atoms with Crippen molar-refractivity contribution < 1.29 is 14.1 Å². The van der Waals surface area contributed by atoms with Crippen molar-refractivity contribution in [3.8, 4) is 0 Å². The number of aromatic nitrogens is 3. The van der Waals surface area contributed by atoms with Gasteiger partial charge in [0, 0.05) is 6.20 Å². The second-order valence-corrected chi connectivity index (χ2v) is 5.75. The summed E-state index contributed by atoms with van der Waals surface area (Å²) in [5, 5.41) is 0.344. The molecule has 25 heavy (non-hydrogen) atoms. The van der Waals surface area contributed by atoms with E-state index in [1.165, 1.54) is 10.5 Å². The average molecular weight is 341 g/mol. The Bertz CT molecular complexity index is 1010. The predicted molar refractivity (Wildman–Crippen MR) is 94.4 cm³/mol. The van der Waals surface area contributed by atoms with Crippen LogP contribution in [0, 0.1) is 0 Å². The lowest BCUT2D eigenvalue weighted by molar-refractivity contribution is -0.659. The van der Waals surface area contributed by atoms with Crippen LogP contribution in [0.1, 0.15) is 37.0 Å². The Kier molecular flexibility index (Phi) is 4.65. The number of aryl methyl sites for hydroxylation is 1. The third-order valence-electron chi connectivity index (χ3n) is 4.09. The molecule has 0 aliphatic rings. The molecule has 0 atom stereocenters. The first-order valence-electron chi connectivity index (χ1n) is 8.39. The van der Waals surface area contributed by atoms with Crippen molar-refractivity contribution in [1.29, 1.82) is 0 Å². The third-order valence-corrected chi connectivity index (χ3v) is 4.09. The maximum Gasteiger partial charge on any atom is 0.344 e.